The van der Waals surface area contributed by atoms with E-state index >= 15 is 0 Å². The quantitative estimate of drug-likeness (QED) is 0.689. The van der Waals surface area contributed by atoms with E-state index in [1.165, 1.54) is 0 Å². The standard InChI is InChI=1S/C7H4F3NO2/c8-4-1-2-5(11-12)6(3-4)13-7(9)10/h1-3,7H. The molecule has 0 aliphatic heterocycles. The predicted octanol–water partition coefficient (Wildman–Crippen LogP) is 2.83. The molecule has 0 spiro atoms. The third-order valence-electron chi connectivity index (χ3n) is 1.24. The van der Waals surface area contributed by atoms with Crippen molar-refractivity contribution in [3.05, 3.63) is 28.9 Å². The molecule has 0 bridgehead atoms. The molecular weight excluding hydrogens is 187 g/mol. The molecule has 0 unspecified atom stereocenters. The highest BCUT2D eigenvalue weighted by Gasteiger charge is 2.10. The van der Waals surface area contributed by atoms with Crippen molar-refractivity contribution >= 4 is 5.69 Å². The second kappa shape index (κ2) is 3.88. The van der Waals surface area contributed by atoms with Crippen LogP contribution in [0, 0.1) is 10.7 Å². The van der Waals surface area contributed by atoms with E-state index in [1.807, 2.05) is 0 Å². The Morgan fingerprint density at radius 3 is 2.62 bits per heavy atom. The van der Waals surface area contributed by atoms with Gasteiger partial charge in [0.15, 0.2) is 5.75 Å². The topological polar surface area (TPSA) is 38.7 Å². The lowest BCUT2D eigenvalue weighted by molar-refractivity contribution is -0.0495. The number of rotatable bonds is 3. The molecule has 1 aromatic rings. The van der Waals surface area contributed by atoms with Gasteiger partial charge in [0.2, 0.25) is 0 Å². The number of nitrogens with zero attached hydrogens (tertiary/aromatic N) is 1. The zero-order valence-corrected chi connectivity index (χ0v) is 6.21. The molecule has 0 amide bonds. The van der Waals surface area contributed by atoms with Gasteiger partial charge in [0.1, 0.15) is 11.5 Å². The van der Waals surface area contributed by atoms with E-state index in [4.69, 9.17) is 0 Å². The highest BCUT2D eigenvalue weighted by molar-refractivity contribution is 5.51. The second-order valence-electron chi connectivity index (χ2n) is 2.08. The number of halogens is 3. The molecule has 0 saturated carbocycles. The number of alkyl halides is 2. The van der Waals surface area contributed by atoms with Crippen LogP contribution in [-0.2, 0) is 0 Å². The molecule has 13 heavy (non-hydrogen) atoms. The maximum Gasteiger partial charge on any atom is 0.387 e. The first-order valence-corrected chi connectivity index (χ1v) is 3.21. The lowest BCUT2D eigenvalue weighted by Gasteiger charge is -2.04. The molecule has 0 saturated heterocycles. The monoisotopic (exact) mass is 191 g/mol. The lowest BCUT2D eigenvalue weighted by Crippen LogP contribution is -2.02. The van der Waals surface area contributed by atoms with E-state index < -0.39 is 18.2 Å². The van der Waals surface area contributed by atoms with Crippen LogP contribution in [0.5, 0.6) is 5.75 Å². The molecular formula is C7H4F3NO2. The largest absolute Gasteiger partial charge is 0.432 e. The third kappa shape index (κ3) is 2.43. The summed E-state index contributed by atoms with van der Waals surface area (Å²) < 4.78 is 39.7. The van der Waals surface area contributed by atoms with Gasteiger partial charge in [-0.25, -0.2) is 4.39 Å². The molecule has 0 aliphatic carbocycles. The summed E-state index contributed by atoms with van der Waals surface area (Å²) >= 11 is 0. The van der Waals surface area contributed by atoms with Crippen LogP contribution in [0.2, 0.25) is 0 Å². The first-order valence-electron chi connectivity index (χ1n) is 3.21. The summed E-state index contributed by atoms with van der Waals surface area (Å²) in [7, 11) is 0. The molecule has 0 fully saturated rings. The van der Waals surface area contributed by atoms with Crippen molar-refractivity contribution in [1.29, 1.82) is 0 Å². The Morgan fingerprint density at radius 1 is 1.38 bits per heavy atom. The Hall–Kier alpha value is -1.59. The van der Waals surface area contributed by atoms with Crippen LogP contribution < -0.4 is 4.74 Å². The van der Waals surface area contributed by atoms with Crippen LogP contribution in [0.3, 0.4) is 0 Å². The summed E-state index contributed by atoms with van der Waals surface area (Å²) in [6, 6.07) is 2.55. The number of benzene rings is 1. The van der Waals surface area contributed by atoms with E-state index in [0.29, 0.717) is 6.07 Å². The fourth-order valence-corrected chi connectivity index (χ4v) is 0.754. The third-order valence-corrected chi connectivity index (χ3v) is 1.24. The molecule has 1 rings (SSSR count). The zero-order chi connectivity index (χ0) is 9.84. The van der Waals surface area contributed by atoms with Crippen molar-refractivity contribution in [3.63, 3.8) is 0 Å². The van der Waals surface area contributed by atoms with Gasteiger partial charge in [0, 0.05) is 6.07 Å². The first-order chi connectivity index (χ1) is 6.13. The zero-order valence-electron chi connectivity index (χ0n) is 6.21. The van der Waals surface area contributed by atoms with Gasteiger partial charge in [0.25, 0.3) is 0 Å². The Balaban J connectivity index is 3.01. The van der Waals surface area contributed by atoms with Gasteiger partial charge in [-0.2, -0.15) is 8.78 Å². The van der Waals surface area contributed by atoms with Crippen molar-refractivity contribution in [2.75, 3.05) is 0 Å². The maximum absolute atomic E-state index is 12.5. The fourth-order valence-electron chi connectivity index (χ4n) is 0.754. The minimum atomic E-state index is -3.11. The maximum atomic E-state index is 12.5. The highest BCUT2D eigenvalue weighted by atomic mass is 19.3. The summed E-state index contributed by atoms with van der Waals surface area (Å²) in [6.07, 6.45) is 0. The Morgan fingerprint density at radius 2 is 2.08 bits per heavy atom. The Labute approximate surface area is 71.1 Å². The van der Waals surface area contributed by atoms with Crippen molar-refractivity contribution < 1.29 is 17.9 Å². The predicted molar refractivity (Wildman–Crippen MR) is 38.5 cm³/mol. The summed E-state index contributed by atoms with van der Waals surface area (Å²) in [5, 5.41) is 2.39. The van der Waals surface area contributed by atoms with Crippen LogP contribution in [0.25, 0.3) is 0 Å². The average Bonchev–Trinajstić information content (AvgIpc) is 2.03. The fraction of sp³-hybridized carbons (Fsp3) is 0.143. The lowest BCUT2D eigenvalue weighted by atomic mass is 10.3. The molecule has 70 valence electrons. The number of ether oxygens (including phenoxy) is 1. The van der Waals surface area contributed by atoms with Crippen molar-refractivity contribution in [1.82, 2.24) is 0 Å². The summed E-state index contributed by atoms with van der Waals surface area (Å²) in [4.78, 5) is 10.0. The van der Waals surface area contributed by atoms with Gasteiger partial charge in [0.05, 0.1) is 0 Å². The molecule has 0 heterocycles. The SMILES string of the molecule is O=Nc1ccc(F)cc1OC(F)F. The second-order valence-corrected chi connectivity index (χ2v) is 2.08. The van der Waals surface area contributed by atoms with E-state index in [9.17, 15) is 18.1 Å². The molecule has 1 aromatic carbocycles. The van der Waals surface area contributed by atoms with Gasteiger partial charge >= 0.3 is 6.61 Å². The molecule has 0 aliphatic rings. The highest BCUT2D eigenvalue weighted by Crippen LogP contribution is 2.29. The van der Waals surface area contributed by atoms with Crippen molar-refractivity contribution in [3.8, 4) is 5.75 Å². The number of nitroso groups, excluding NO2 is 1. The Kier molecular flexibility index (Phi) is 2.84. The minimum absolute atomic E-state index is 0.360. The van der Waals surface area contributed by atoms with Gasteiger partial charge in [-0.05, 0) is 17.3 Å². The van der Waals surface area contributed by atoms with Gasteiger partial charge in [-0.15, -0.1) is 4.91 Å². The first kappa shape index (κ1) is 9.50. The van der Waals surface area contributed by atoms with Crippen LogP contribution >= 0.6 is 0 Å². The van der Waals surface area contributed by atoms with Gasteiger partial charge in [-0.1, -0.05) is 0 Å². The average molecular weight is 191 g/mol. The van der Waals surface area contributed by atoms with Crippen molar-refractivity contribution in [2.24, 2.45) is 5.18 Å². The van der Waals surface area contributed by atoms with Crippen LogP contribution in [0.15, 0.2) is 23.4 Å². The number of hydrogen-bond donors (Lipinski definition) is 0. The summed E-state index contributed by atoms with van der Waals surface area (Å²) in [6.45, 7) is -3.11. The minimum Gasteiger partial charge on any atom is -0.432 e. The summed E-state index contributed by atoms with van der Waals surface area (Å²) in [5.74, 6) is -1.34. The normalized spacial score (nSPS) is 10.2. The van der Waals surface area contributed by atoms with Crippen molar-refractivity contribution in [2.45, 2.75) is 6.61 Å². The molecule has 6 heteroatoms. The van der Waals surface area contributed by atoms with E-state index in [1.54, 1.807) is 0 Å². The Bertz CT molecular complexity index is 317. The van der Waals surface area contributed by atoms with Crippen LogP contribution in [0.1, 0.15) is 0 Å². The van der Waals surface area contributed by atoms with Crippen LogP contribution in [-0.4, -0.2) is 6.61 Å². The molecule has 0 radical (unpaired) electrons. The number of hydrogen-bond acceptors (Lipinski definition) is 3. The van der Waals surface area contributed by atoms with E-state index in [2.05, 4.69) is 9.91 Å². The van der Waals surface area contributed by atoms with E-state index in [0.717, 1.165) is 12.1 Å². The molecule has 0 aromatic heterocycles. The molecule has 0 N–H and O–H groups in total. The van der Waals surface area contributed by atoms with Crippen LogP contribution in [0.4, 0.5) is 18.9 Å². The van der Waals surface area contributed by atoms with Gasteiger partial charge < -0.3 is 4.74 Å². The van der Waals surface area contributed by atoms with Gasteiger partial charge in [-0.3, -0.25) is 0 Å². The molecule has 3 nitrogen and oxygen atoms in total. The van der Waals surface area contributed by atoms with E-state index in [-0.39, 0.29) is 5.69 Å². The smallest absolute Gasteiger partial charge is 0.387 e. The summed E-state index contributed by atoms with van der Waals surface area (Å²) in [5.41, 5.74) is -0.360. The molecule has 0 atom stereocenters.